The molecule has 7 heteroatoms. The van der Waals surface area contributed by atoms with Gasteiger partial charge in [-0.25, -0.2) is 0 Å². The molecule has 76 valence electrons. The van der Waals surface area contributed by atoms with E-state index in [1.54, 1.807) is 0 Å². The zero-order chi connectivity index (χ0) is 10.7. The van der Waals surface area contributed by atoms with Crippen LogP contribution in [0.4, 0.5) is 5.00 Å². The van der Waals surface area contributed by atoms with Crippen LogP contribution in [0.25, 0.3) is 0 Å². The summed E-state index contributed by atoms with van der Waals surface area (Å²) in [4.78, 5) is 20.9. The Balaban J connectivity index is 2.95. The molecule has 1 aromatic heterocycles. The smallest absolute Gasteiger partial charge is 0.326 e. The summed E-state index contributed by atoms with van der Waals surface area (Å²) in [5.74, 6) is -1.05. The molecule has 1 aromatic rings. The number of nitro groups is 1. The topological polar surface area (TPSA) is 92.5 Å². The summed E-state index contributed by atoms with van der Waals surface area (Å²) in [6.45, 7) is 0. The van der Waals surface area contributed by atoms with E-state index in [0.717, 1.165) is 11.3 Å². The first kappa shape index (κ1) is 10.6. The molecule has 0 fully saturated rings. The lowest BCUT2D eigenvalue weighted by Crippen LogP contribution is -2.23. The second-order valence-electron chi connectivity index (χ2n) is 2.49. The highest BCUT2D eigenvalue weighted by Gasteiger charge is 2.22. The van der Waals surface area contributed by atoms with Crippen LogP contribution >= 0.6 is 11.3 Å². The highest BCUT2D eigenvalue weighted by atomic mass is 32.1. The maximum atomic E-state index is 10.7. The highest BCUT2D eigenvalue weighted by molar-refractivity contribution is 7.15. The van der Waals surface area contributed by atoms with E-state index in [-0.39, 0.29) is 5.00 Å². The van der Waals surface area contributed by atoms with Gasteiger partial charge in [-0.15, -0.1) is 0 Å². The first-order valence-electron chi connectivity index (χ1n) is 3.70. The third kappa shape index (κ3) is 2.06. The van der Waals surface area contributed by atoms with Crippen molar-refractivity contribution in [1.82, 2.24) is 5.32 Å². The maximum absolute atomic E-state index is 10.7. The third-order valence-electron chi connectivity index (χ3n) is 1.61. The summed E-state index contributed by atoms with van der Waals surface area (Å²) in [7, 11) is 1.49. The van der Waals surface area contributed by atoms with Gasteiger partial charge in [-0.1, -0.05) is 11.3 Å². The molecule has 0 saturated heterocycles. The van der Waals surface area contributed by atoms with E-state index >= 15 is 0 Å². The van der Waals surface area contributed by atoms with Crippen LogP contribution < -0.4 is 5.32 Å². The molecule has 1 unspecified atom stereocenters. The Morgan fingerprint density at radius 2 is 2.36 bits per heavy atom. The second-order valence-corrected chi connectivity index (χ2v) is 3.59. The van der Waals surface area contributed by atoms with Crippen LogP contribution in [0.3, 0.4) is 0 Å². The minimum absolute atomic E-state index is 0.0542. The monoisotopic (exact) mass is 216 g/mol. The summed E-state index contributed by atoms with van der Waals surface area (Å²) < 4.78 is 0. The van der Waals surface area contributed by atoms with Gasteiger partial charge in [-0.2, -0.15) is 0 Å². The number of likely N-dealkylation sites (N-methyl/N-ethyl adjacent to an activating group) is 1. The molecule has 1 heterocycles. The van der Waals surface area contributed by atoms with Gasteiger partial charge < -0.3 is 10.4 Å². The van der Waals surface area contributed by atoms with Gasteiger partial charge in [-0.05, 0) is 13.1 Å². The Labute approximate surface area is 83.3 Å². The van der Waals surface area contributed by atoms with E-state index in [4.69, 9.17) is 5.11 Å². The van der Waals surface area contributed by atoms with Gasteiger partial charge in [0, 0.05) is 10.9 Å². The van der Waals surface area contributed by atoms with Crippen molar-refractivity contribution in [3.63, 3.8) is 0 Å². The van der Waals surface area contributed by atoms with Crippen LogP contribution in [-0.2, 0) is 4.79 Å². The van der Waals surface area contributed by atoms with Crippen molar-refractivity contribution >= 4 is 22.3 Å². The summed E-state index contributed by atoms with van der Waals surface area (Å²) >= 11 is 0.860. The average molecular weight is 216 g/mol. The van der Waals surface area contributed by atoms with Gasteiger partial charge in [0.1, 0.15) is 6.04 Å². The lowest BCUT2D eigenvalue weighted by Gasteiger charge is -2.06. The van der Waals surface area contributed by atoms with Crippen LogP contribution in [0.5, 0.6) is 0 Å². The quantitative estimate of drug-likeness (QED) is 0.578. The molecule has 0 aromatic carbocycles. The van der Waals surface area contributed by atoms with Gasteiger partial charge in [0.2, 0.25) is 0 Å². The number of carboxylic acids is 1. The number of hydrogen-bond acceptors (Lipinski definition) is 5. The largest absolute Gasteiger partial charge is 0.480 e. The van der Waals surface area contributed by atoms with Crippen LogP contribution in [0.1, 0.15) is 10.9 Å². The van der Waals surface area contributed by atoms with Crippen LogP contribution in [0.2, 0.25) is 0 Å². The number of nitrogens with zero attached hydrogens (tertiary/aromatic N) is 1. The van der Waals surface area contributed by atoms with E-state index < -0.39 is 16.9 Å². The number of carbonyl (C=O) groups is 1. The predicted molar refractivity (Wildman–Crippen MR) is 50.4 cm³/mol. The molecule has 0 amide bonds. The van der Waals surface area contributed by atoms with Crippen molar-refractivity contribution in [2.75, 3.05) is 7.05 Å². The molecular formula is C7H8N2O4S. The fraction of sp³-hybridized carbons (Fsp3) is 0.286. The van der Waals surface area contributed by atoms with E-state index in [1.165, 1.54) is 19.2 Å². The summed E-state index contributed by atoms with van der Waals surface area (Å²) in [5, 5.41) is 21.6. The SMILES string of the molecule is CNC(C(=O)O)c1ccc([N+](=O)[O-])s1. The molecule has 0 spiro atoms. The minimum atomic E-state index is -1.05. The normalized spacial score (nSPS) is 12.4. The first-order chi connectivity index (χ1) is 6.56. The number of thiophene rings is 1. The van der Waals surface area contributed by atoms with Crippen molar-refractivity contribution in [3.8, 4) is 0 Å². The molecule has 0 saturated carbocycles. The molecule has 1 rings (SSSR count). The molecule has 0 radical (unpaired) electrons. The van der Waals surface area contributed by atoms with Gasteiger partial charge >= 0.3 is 11.0 Å². The van der Waals surface area contributed by atoms with Crippen LogP contribution in [0, 0.1) is 10.1 Å². The Bertz CT molecular complexity index is 362. The molecule has 0 aliphatic carbocycles. The van der Waals surface area contributed by atoms with Gasteiger partial charge in [0.05, 0.1) is 4.92 Å². The standard InChI is InChI=1S/C7H8N2O4S/c1-8-6(7(10)11)4-2-3-5(14-4)9(12)13/h2-3,6,8H,1H3,(H,10,11). The molecule has 6 nitrogen and oxygen atoms in total. The fourth-order valence-electron chi connectivity index (χ4n) is 0.983. The first-order valence-corrected chi connectivity index (χ1v) is 4.52. The highest BCUT2D eigenvalue weighted by Crippen LogP contribution is 2.28. The number of nitrogens with one attached hydrogen (secondary N) is 1. The molecular weight excluding hydrogens is 208 g/mol. The zero-order valence-electron chi connectivity index (χ0n) is 7.26. The van der Waals surface area contributed by atoms with Gasteiger partial charge in [0.25, 0.3) is 0 Å². The van der Waals surface area contributed by atoms with Crippen molar-refractivity contribution in [2.45, 2.75) is 6.04 Å². The lowest BCUT2D eigenvalue weighted by atomic mass is 10.2. The molecule has 2 N–H and O–H groups in total. The average Bonchev–Trinajstić information content (AvgIpc) is 2.53. The number of rotatable bonds is 4. The maximum Gasteiger partial charge on any atom is 0.326 e. The Morgan fingerprint density at radius 3 is 2.71 bits per heavy atom. The number of hydrogen-bond donors (Lipinski definition) is 2. The summed E-state index contributed by atoms with van der Waals surface area (Å²) in [6.07, 6.45) is 0. The Kier molecular flexibility index (Phi) is 3.15. The third-order valence-corrected chi connectivity index (χ3v) is 2.71. The van der Waals surface area contributed by atoms with Crippen LogP contribution in [0.15, 0.2) is 12.1 Å². The Hall–Kier alpha value is -1.47. The van der Waals surface area contributed by atoms with Crippen molar-refractivity contribution in [2.24, 2.45) is 0 Å². The van der Waals surface area contributed by atoms with Gasteiger partial charge in [0.15, 0.2) is 0 Å². The van der Waals surface area contributed by atoms with Gasteiger partial charge in [-0.3, -0.25) is 14.9 Å². The number of carboxylic acid groups (broad SMARTS) is 1. The van der Waals surface area contributed by atoms with Crippen molar-refractivity contribution < 1.29 is 14.8 Å². The zero-order valence-corrected chi connectivity index (χ0v) is 8.08. The van der Waals surface area contributed by atoms with Crippen LogP contribution in [-0.4, -0.2) is 23.0 Å². The summed E-state index contributed by atoms with van der Waals surface area (Å²) in [6, 6.07) is 1.86. The van der Waals surface area contributed by atoms with E-state index in [1.807, 2.05) is 0 Å². The Morgan fingerprint density at radius 1 is 1.71 bits per heavy atom. The summed E-state index contributed by atoms with van der Waals surface area (Å²) in [5.41, 5.74) is 0. The molecule has 0 bridgehead atoms. The number of aliphatic carboxylic acids is 1. The van der Waals surface area contributed by atoms with Crippen molar-refractivity contribution in [3.05, 3.63) is 27.1 Å². The van der Waals surface area contributed by atoms with Crippen molar-refractivity contribution in [1.29, 1.82) is 0 Å². The van der Waals surface area contributed by atoms with E-state index in [2.05, 4.69) is 5.32 Å². The molecule has 14 heavy (non-hydrogen) atoms. The predicted octanol–water partition coefficient (Wildman–Crippen LogP) is 1.00. The molecule has 0 aliphatic heterocycles. The fourth-order valence-corrected chi connectivity index (χ4v) is 1.91. The second kappa shape index (κ2) is 4.16. The van der Waals surface area contributed by atoms with E-state index in [0.29, 0.717) is 4.88 Å². The van der Waals surface area contributed by atoms with E-state index in [9.17, 15) is 14.9 Å². The lowest BCUT2D eigenvalue weighted by molar-refractivity contribution is -0.380. The molecule has 1 atom stereocenters. The minimum Gasteiger partial charge on any atom is -0.480 e. The molecule has 0 aliphatic rings.